The second-order valence-electron chi connectivity index (χ2n) is 2.45. The van der Waals surface area contributed by atoms with Crippen molar-refractivity contribution >= 4 is 5.78 Å². The second-order valence-corrected chi connectivity index (χ2v) is 2.45. The molecule has 0 aliphatic carbocycles. The van der Waals surface area contributed by atoms with E-state index in [1.54, 1.807) is 31.2 Å². The van der Waals surface area contributed by atoms with Crippen LogP contribution in [0.4, 0.5) is 0 Å². The number of benzene rings is 1. The molecule has 0 aliphatic heterocycles. The van der Waals surface area contributed by atoms with E-state index in [1.807, 2.05) is 0 Å². The molecule has 0 heterocycles. The van der Waals surface area contributed by atoms with Crippen molar-refractivity contribution in [2.45, 2.75) is 13.0 Å². The Balaban J connectivity index is 2.86. The summed E-state index contributed by atoms with van der Waals surface area (Å²) in [4.78, 5) is 11.2. The topological polar surface area (TPSA) is 43.1 Å². The van der Waals surface area contributed by atoms with Crippen molar-refractivity contribution in [3.8, 4) is 0 Å². The average molecular weight is 148 g/mol. The highest BCUT2D eigenvalue weighted by molar-refractivity contribution is 5.99. The van der Waals surface area contributed by atoms with E-state index in [4.69, 9.17) is 5.73 Å². The summed E-state index contributed by atoms with van der Waals surface area (Å²) >= 11 is 0. The molecule has 0 spiro atoms. The van der Waals surface area contributed by atoms with Crippen LogP contribution in [0.2, 0.25) is 0 Å². The van der Waals surface area contributed by atoms with Gasteiger partial charge in [0.2, 0.25) is 0 Å². The minimum absolute atomic E-state index is 0.0400. The number of hydrogen-bond donors (Lipinski definition) is 1. The zero-order chi connectivity index (χ0) is 8.27. The molecule has 0 unspecified atom stereocenters. The lowest BCUT2D eigenvalue weighted by Gasteiger charge is -2.02. The van der Waals surface area contributed by atoms with Crippen LogP contribution in [-0.4, -0.2) is 11.8 Å². The van der Waals surface area contributed by atoms with Crippen molar-refractivity contribution in [1.82, 2.24) is 0 Å². The molecule has 2 heteroatoms. The van der Waals surface area contributed by atoms with Gasteiger partial charge < -0.3 is 5.73 Å². The van der Waals surface area contributed by atoms with Crippen LogP contribution >= 0.6 is 0 Å². The normalized spacial score (nSPS) is 12.5. The highest BCUT2D eigenvalue weighted by atomic mass is 16.1. The van der Waals surface area contributed by atoms with Gasteiger partial charge >= 0.3 is 0 Å². The smallest absolute Gasteiger partial charge is 0.179 e. The SMILES string of the molecule is C[C@H](N)C(=O)c1c[c]ccc1. The summed E-state index contributed by atoms with van der Waals surface area (Å²) in [7, 11) is 0. The first-order valence-electron chi connectivity index (χ1n) is 3.47. The largest absolute Gasteiger partial charge is 0.321 e. The summed E-state index contributed by atoms with van der Waals surface area (Å²) in [5.74, 6) is -0.0400. The van der Waals surface area contributed by atoms with Gasteiger partial charge in [0.15, 0.2) is 5.78 Å². The fraction of sp³-hybridized carbons (Fsp3) is 0.222. The maximum atomic E-state index is 11.2. The van der Waals surface area contributed by atoms with Gasteiger partial charge in [0.1, 0.15) is 0 Å². The number of ketones is 1. The van der Waals surface area contributed by atoms with Gasteiger partial charge in [0.25, 0.3) is 0 Å². The van der Waals surface area contributed by atoms with Gasteiger partial charge in [-0.25, -0.2) is 0 Å². The van der Waals surface area contributed by atoms with Crippen LogP contribution in [0.5, 0.6) is 0 Å². The number of hydrogen-bond acceptors (Lipinski definition) is 2. The van der Waals surface area contributed by atoms with Crippen LogP contribution in [0, 0.1) is 6.07 Å². The van der Waals surface area contributed by atoms with Crippen molar-refractivity contribution in [2.24, 2.45) is 5.73 Å². The fourth-order valence-electron chi connectivity index (χ4n) is 0.809. The summed E-state index contributed by atoms with van der Waals surface area (Å²) in [6.07, 6.45) is 0. The van der Waals surface area contributed by atoms with Crippen LogP contribution in [0.15, 0.2) is 24.3 Å². The molecule has 0 saturated carbocycles. The van der Waals surface area contributed by atoms with Gasteiger partial charge in [0, 0.05) is 5.56 Å². The van der Waals surface area contributed by atoms with Crippen LogP contribution in [0.1, 0.15) is 17.3 Å². The molecule has 0 saturated heterocycles. The van der Waals surface area contributed by atoms with E-state index >= 15 is 0 Å². The van der Waals surface area contributed by atoms with Crippen LogP contribution in [0.25, 0.3) is 0 Å². The minimum atomic E-state index is -0.425. The van der Waals surface area contributed by atoms with E-state index in [0.29, 0.717) is 5.56 Å². The summed E-state index contributed by atoms with van der Waals surface area (Å²) in [5.41, 5.74) is 6.03. The zero-order valence-electron chi connectivity index (χ0n) is 6.37. The molecule has 0 aliphatic rings. The quantitative estimate of drug-likeness (QED) is 0.636. The van der Waals surface area contributed by atoms with Crippen molar-refractivity contribution < 1.29 is 4.79 Å². The maximum absolute atomic E-state index is 11.2. The predicted molar refractivity (Wildman–Crippen MR) is 43.3 cm³/mol. The molecule has 1 atom stereocenters. The molecule has 11 heavy (non-hydrogen) atoms. The van der Waals surface area contributed by atoms with Gasteiger partial charge in [0.05, 0.1) is 6.04 Å². The lowest BCUT2D eigenvalue weighted by molar-refractivity contribution is 0.0968. The van der Waals surface area contributed by atoms with E-state index in [-0.39, 0.29) is 5.78 Å². The lowest BCUT2D eigenvalue weighted by atomic mass is 10.1. The molecule has 2 N–H and O–H groups in total. The van der Waals surface area contributed by atoms with E-state index in [2.05, 4.69) is 6.07 Å². The summed E-state index contributed by atoms with van der Waals surface area (Å²) in [6.45, 7) is 1.68. The molecule has 0 amide bonds. The highest BCUT2D eigenvalue weighted by Gasteiger charge is 2.08. The van der Waals surface area contributed by atoms with Crippen LogP contribution in [-0.2, 0) is 0 Å². The number of Topliss-reactive ketones (excluding diaryl/α,β-unsaturated/α-hetero) is 1. The zero-order valence-corrected chi connectivity index (χ0v) is 6.37. The monoisotopic (exact) mass is 148 g/mol. The Morgan fingerprint density at radius 3 is 2.91 bits per heavy atom. The first kappa shape index (κ1) is 7.95. The molecule has 1 radical (unpaired) electrons. The van der Waals surface area contributed by atoms with Gasteiger partial charge in [-0.3, -0.25) is 4.79 Å². The van der Waals surface area contributed by atoms with Gasteiger partial charge in [-0.05, 0) is 19.1 Å². The van der Waals surface area contributed by atoms with E-state index in [0.717, 1.165) is 0 Å². The van der Waals surface area contributed by atoms with E-state index < -0.39 is 6.04 Å². The number of rotatable bonds is 2. The Kier molecular flexibility index (Phi) is 2.39. The van der Waals surface area contributed by atoms with Gasteiger partial charge in [-0.2, -0.15) is 0 Å². The van der Waals surface area contributed by atoms with Crippen molar-refractivity contribution in [2.75, 3.05) is 0 Å². The van der Waals surface area contributed by atoms with E-state index in [9.17, 15) is 4.79 Å². The Hall–Kier alpha value is -1.15. The molecule has 1 aromatic rings. The number of nitrogens with two attached hydrogens (primary N) is 1. The maximum Gasteiger partial charge on any atom is 0.179 e. The summed E-state index contributed by atoms with van der Waals surface area (Å²) in [6, 6.07) is 9.30. The fourth-order valence-corrected chi connectivity index (χ4v) is 0.809. The molecule has 0 fully saturated rings. The van der Waals surface area contributed by atoms with Crippen LogP contribution < -0.4 is 5.73 Å². The molecule has 57 valence electrons. The average Bonchev–Trinajstić information content (AvgIpc) is 2.05. The van der Waals surface area contributed by atoms with Gasteiger partial charge in [-0.15, -0.1) is 0 Å². The van der Waals surface area contributed by atoms with Crippen LogP contribution in [0.3, 0.4) is 0 Å². The van der Waals surface area contributed by atoms with Gasteiger partial charge in [-0.1, -0.05) is 18.2 Å². The third-order valence-electron chi connectivity index (χ3n) is 1.41. The summed E-state index contributed by atoms with van der Waals surface area (Å²) < 4.78 is 0. The minimum Gasteiger partial charge on any atom is -0.321 e. The Morgan fingerprint density at radius 2 is 2.45 bits per heavy atom. The Bertz CT molecular complexity index is 241. The first-order chi connectivity index (χ1) is 5.22. The molecular formula is C9H10NO. The van der Waals surface area contributed by atoms with Crippen molar-refractivity contribution in [3.05, 3.63) is 35.9 Å². The van der Waals surface area contributed by atoms with Crippen molar-refractivity contribution in [3.63, 3.8) is 0 Å². The highest BCUT2D eigenvalue weighted by Crippen LogP contribution is 2.00. The van der Waals surface area contributed by atoms with Crippen molar-refractivity contribution in [1.29, 1.82) is 0 Å². The Labute approximate surface area is 66.0 Å². The Morgan fingerprint density at radius 1 is 1.73 bits per heavy atom. The molecule has 0 aromatic heterocycles. The molecule has 2 nitrogen and oxygen atoms in total. The third kappa shape index (κ3) is 1.88. The third-order valence-corrected chi connectivity index (χ3v) is 1.41. The predicted octanol–water partition coefficient (Wildman–Crippen LogP) is 1.02. The molecule has 0 bridgehead atoms. The molecule has 1 aromatic carbocycles. The second kappa shape index (κ2) is 3.30. The standard InChI is InChI=1S/C9H10NO/c1-7(10)9(11)8-5-3-2-4-6-8/h2-3,5-7H,10H2,1H3/t7-/m0/s1. The first-order valence-corrected chi connectivity index (χ1v) is 3.47. The molecule has 1 rings (SSSR count). The lowest BCUT2D eigenvalue weighted by Crippen LogP contribution is -2.26. The van der Waals surface area contributed by atoms with E-state index in [1.165, 1.54) is 0 Å². The number of carbonyl (C=O) groups is 1. The molecular weight excluding hydrogens is 138 g/mol. The summed E-state index contributed by atoms with van der Waals surface area (Å²) in [5, 5.41) is 0. The number of carbonyl (C=O) groups excluding carboxylic acids is 1.